The van der Waals surface area contributed by atoms with E-state index in [9.17, 15) is 4.79 Å². The predicted octanol–water partition coefficient (Wildman–Crippen LogP) is 3.94. The van der Waals surface area contributed by atoms with E-state index in [2.05, 4.69) is 25.8 Å². The number of halogens is 1. The largest absolute Gasteiger partial charge is 0.443 e. The Hall–Kier alpha value is -3.17. The topological polar surface area (TPSA) is 109 Å². The number of hydrogen-bond donors (Lipinski definition) is 3. The van der Waals surface area contributed by atoms with Gasteiger partial charge in [0.1, 0.15) is 17.8 Å². The van der Waals surface area contributed by atoms with Crippen molar-refractivity contribution in [2.24, 2.45) is 5.92 Å². The molecule has 3 aromatic heterocycles. The van der Waals surface area contributed by atoms with Gasteiger partial charge in [-0.25, -0.2) is 18.7 Å². The molecule has 0 unspecified atom stereocenters. The van der Waals surface area contributed by atoms with Crippen molar-refractivity contribution < 1.29 is 13.9 Å². The van der Waals surface area contributed by atoms with Crippen LogP contribution in [0.5, 0.6) is 0 Å². The zero-order valence-corrected chi connectivity index (χ0v) is 18.9. The number of alkyl halides is 1. The molecule has 0 aliphatic heterocycles. The highest BCUT2D eigenvalue weighted by Gasteiger charge is 2.58. The van der Waals surface area contributed by atoms with Crippen LogP contribution < -0.4 is 10.6 Å². The van der Waals surface area contributed by atoms with Crippen molar-refractivity contribution in [3.63, 3.8) is 0 Å². The number of rotatable bonds is 5. The molecule has 5 aliphatic rings. The van der Waals surface area contributed by atoms with Crippen LogP contribution in [0.25, 0.3) is 5.52 Å². The fraction of sp³-hybridized carbons (Fsp3) is 0.583. The molecule has 3 aromatic rings. The Balaban J connectivity index is 1.04. The first-order chi connectivity index (χ1) is 16.6. The van der Waals surface area contributed by atoms with Gasteiger partial charge >= 0.3 is 6.09 Å². The second-order valence-corrected chi connectivity index (χ2v) is 10.5. The van der Waals surface area contributed by atoms with E-state index in [0.717, 1.165) is 62.1 Å². The fourth-order valence-electron chi connectivity index (χ4n) is 6.36. The van der Waals surface area contributed by atoms with Crippen molar-refractivity contribution in [1.82, 2.24) is 30.1 Å². The van der Waals surface area contributed by atoms with Crippen LogP contribution in [-0.4, -0.2) is 48.7 Å². The van der Waals surface area contributed by atoms with Gasteiger partial charge in [0, 0.05) is 41.2 Å². The summed E-state index contributed by atoms with van der Waals surface area (Å²) in [6.07, 6.45) is 9.59. The molecular weight excluding hydrogens is 437 g/mol. The number of aromatic nitrogens is 5. The third kappa shape index (κ3) is 3.18. The number of aryl methyl sites for hydroxylation is 2. The van der Waals surface area contributed by atoms with Crippen molar-refractivity contribution in [3.05, 3.63) is 35.4 Å². The Morgan fingerprint density at radius 3 is 2.91 bits per heavy atom. The summed E-state index contributed by atoms with van der Waals surface area (Å²) in [6.45, 7) is 0. The van der Waals surface area contributed by atoms with E-state index in [0.29, 0.717) is 30.2 Å². The lowest BCUT2D eigenvalue weighted by molar-refractivity contribution is -0.0532. The maximum Gasteiger partial charge on any atom is 0.407 e. The van der Waals surface area contributed by atoms with Crippen LogP contribution in [0.1, 0.15) is 67.8 Å². The Bertz CT molecular complexity index is 1250. The van der Waals surface area contributed by atoms with Crippen molar-refractivity contribution >= 4 is 23.2 Å². The highest BCUT2D eigenvalue weighted by Crippen LogP contribution is 2.57. The number of carbonyl (C=O) groups is 1. The van der Waals surface area contributed by atoms with Crippen molar-refractivity contribution in [2.45, 2.75) is 81.5 Å². The molecule has 0 saturated heterocycles. The third-order valence-corrected chi connectivity index (χ3v) is 8.23. The van der Waals surface area contributed by atoms with Gasteiger partial charge in [0.05, 0.1) is 5.69 Å². The lowest BCUT2D eigenvalue weighted by Crippen LogP contribution is -2.68. The number of H-pyrrole nitrogens is 1. The molecule has 0 spiro atoms. The summed E-state index contributed by atoms with van der Waals surface area (Å²) >= 11 is 0. The summed E-state index contributed by atoms with van der Waals surface area (Å²) in [4.78, 5) is 16.8. The van der Waals surface area contributed by atoms with Crippen LogP contribution in [0.4, 0.5) is 20.8 Å². The molecule has 5 aliphatic carbocycles. The van der Waals surface area contributed by atoms with Gasteiger partial charge < -0.3 is 15.4 Å². The van der Waals surface area contributed by atoms with E-state index in [4.69, 9.17) is 9.84 Å². The highest BCUT2D eigenvalue weighted by molar-refractivity contribution is 5.76. The van der Waals surface area contributed by atoms with Crippen LogP contribution in [0, 0.1) is 5.92 Å². The molecule has 34 heavy (non-hydrogen) atoms. The van der Waals surface area contributed by atoms with E-state index >= 15 is 4.39 Å². The van der Waals surface area contributed by atoms with Crippen LogP contribution in [0.15, 0.2) is 18.5 Å². The van der Waals surface area contributed by atoms with Gasteiger partial charge in [-0.3, -0.25) is 5.10 Å². The van der Waals surface area contributed by atoms with Gasteiger partial charge in [0.2, 0.25) is 0 Å². The quantitative estimate of drug-likeness (QED) is 0.527. The molecule has 4 fully saturated rings. The van der Waals surface area contributed by atoms with E-state index in [1.165, 1.54) is 5.56 Å². The van der Waals surface area contributed by atoms with Gasteiger partial charge in [0.15, 0.2) is 11.6 Å². The number of nitrogens with one attached hydrogen (secondary N) is 3. The second kappa shape index (κ2) is 7.41. The molecule has 9 nitrogen and oxygen atoms in total. The average molecular weight is 466 g/mol. The molecule has 10 heteroatoms. The number of nitrogens with zero attached hydrogens (tertiary/aromatic N) is 4. The third-order valence-electron chi connectivity index (χ3n) is 8.23. The van der Waals surface area contributed by atoms with Gasteiger partial charge in [-0.1, -0.05) is 0 Å². The molecule has 1 amide bonds. The summed E-state index contributed by atoms with van der Waals surface area (Å²) in [5, 5.41) is 18.3. The maximum absolute atomic E-state index is 15.2. The molecule has 3 N–H and O–H groups in total. The van der Waals surface area contributed by atoms with Crippen LogP contribution in [-0.2, 0) is 17.6 Å². The number of alkyl carbamates (subject to hydrolysis) is 1. The summed E-state index contributed by atoms with van der Waals surface area (Å²) in [6, 6.07) is 1.83. The van der Waals surface area contributed by atoms with E-state index < -0.39 is 18.4 Å². The molecule has 4 saturated carbocycles. The molecule has 3 heterocycles. The summed E-state index contributed by atoms with van der Waals surface area (Å²) < 4.78 is 22.6. The lowest BCUT2D eigenvalue weighted by Gasteiger charge is -2.61. The molecule has 3 atom stereocenters. The zero-order valence-electron chi connectivity index (χ0n) is 18.9. The van der Waals surface area contributed by atoms with Crippen LogP contribution in [0.2, 0.25) is 0 Å². The molecule has 8 rings (SSSR count). The maximum atomic E-state index is 15.2. The van der Waals surface area contributed by atoms with Crippen molar-refractivity contribution in [3.8, 4) is 0 Å². The highest BCUT2D eigenvalue weighted by atomic mass is 19.1. The van der Waals surface area contributed by atoms with E-state index in [1.54, 1.807) is 6.20 Å². The Morgan fingerprint density at radius 2 is 2.09 bits per heavy atom. The number of hydrogen-bond acceptors (Lipinski definition) is 6. The minimum Gasteiger partial charge on any atom is -0.443 e. The number of fused-ring (bicyclic) bond motifs is 3. The minimum atomic E-state index is -1.27. The molecule has 0 aromatic carbocycles. The first kappa shape index (κ1) is 20.2. The Morgan fingerprint density at radius 1 is 1.24 bits per heavy atom. The Labute approximate surface area is 195 Å². The molecular formula is C24H28FN7O2. The first-order valence-corrected chi connectivity index (χ1v) is 12.4. The monoisotopic (exact) mass is 465 g/mol. The summed E-state index contributed by atoms with van der Waals surface area (Å²) in [5.41, 5.74) is 3.99. The summed E-state index contributed by atoms with van der Waals surface area (Å²) in [5.74, 6) is 1.65. The first-order valence-electron chi connectivity index (χ1n) is 12.4. The normalized spacial score (nSPS) is 31.4. The molecule has 178 valence electrons. The van der Waals surface area contributed by atoms with Gasteiger partial charge in [-0.15, -0.1) is 0 Å². The number of ether oxygens (including phenoxy) is 1. The molecule has 0 radical (unpaired) electrons. The van der Waals surface area contributed by atoms with E-state index in [-0.39, 0.29) is 11.5 Å². The summed E-state index contributed by atoms with van der Waals surface area (Å²) in [7, 11) is 0. The fourth-order valence-corrected chi connectivity index (χ4v) is 6.36. The second-order valence-electron chi connectivity index (χ2n) is 10.5. The number of carbonyl (C=O) groups excluding carboxylic acids is 1. The predicted molar refractivity (Wildman–Crippen MR) is 122 cm³/mol. The number of anilines is 2. The standard InChI is InChI=1S/C24H28FN7O2/c25-20-14(5-6-18(20)34-23(33)28-24-10-13(11-24)12-24)17-9-19(30-29-17)27-22-21-15-3-1-2-4-16(15)31-32(21)8-7-26-22/h7-9,13-14,18,20H,1-6,10-12H2,(H,28,33)(H2,26,27,29,30)/t13?,14-,18-,20-,24?/m0/s1. The van der Waals surface area contributed by atoms with Crippen molar-refractivity contribution in [1.29, 1.82) is 0 Å². The smallest absolute Gasteiger partial charge is 0.407 e. The SMILES string of the molecule is O=C(NC12CC(C1)C2)O[C@H]1CC[C@@H](c2cc(Nc3nccn4nc5c(c34)CCCC5)n[nH]2)[C@@H]1F. The number of aromatic amines is 1. The Kier molecular flexibility index (Phi) is 4.41. The number of amides is 1. The van der Waals surface area contributed by atoms with Gasteiger partial charge in [-0.2, -0.15) is 10.2 Å². The van der Waals surface area contributed by atoms with Gasteiger partial charge in [-0.05, 0) is 63.7 Å². The minimum absolute atomic E-state index is 0.0683. The average Bonchev–Trinajstić information content (AvgIpc) is 3.48. The van der Waals surface area contributed by atoms with E-state index in [1.807, 2.05) is 16.8 Å². The van der Waals surface area contributed by atoms with Crippen LogP contribution in [0.3, 0.4) is 0 Å². The van der Waals surface area contributed by atoms with Crippen molar-refractivity contribution in [2.75, 3.05) is 5.32 Å². The van der Waals surface area contributed by atoms with Crippen LogP contribution >= 0.6 is 0 Å². The molecule has 2 bridgehead atoms. The zero-order chi connectivity index (χ0) is 22.9. The lowest BCUT2D eigenvalue weighted by atomic mass is 9.50. The van der Waals surface area contributed by atoms with Gasteiger partial charge in [0.25, 0.3) is 0 Å².